The van der Waals surface area contributed by atoms with Crippen LogP contribution in [0.1, 0.15) is 24.8 Å². The molecule has 0 aromatic heterocycles. The lowest BCUT2D eigenvalue weighted by molar-refractivity contribution is -0.119. The predicted octanol–water partition coefficient (Wildman–Crippen LogP) is 1.29. The van der Waals surface area contributed by atoms with Gasteiger partial charge in [0.15, 0.2) is 0 Å². The third-order valence-electron chi connectivity index (χ3n) is 4.19. The molecule has 2 aliphatic rings. The van der Waals surface area contributed by atoms with Crippen molar-refractivity contribution in [1.82, 2.24) is 0 Å². The summed E-state index contributed by atoms with van der Waals surface area (Å²) in [7, 11) is 0. The highest BCUT2D eigenvalue weighted by atomic mass is 16.2. The lowest BCUT2D eigenvalue weighted by Crippen LogP contribution is -2.41. The number of rotatable bonds is 3. The Morgan fingerprint density at radius 3 is 2.72 bits per heavy atom. The fraction of sp³-hybridized carbons (Fsp3) is 0.500. The van der Waals surface area contributed by atoms with Gasteiger partial charge in [0.25, 0.3) is 0 Å². The highest BCUT2D eigenvalue weighted by Gasteiger charge is 2.44. The molecule has 0 saturated heterocycles. The SMILES string of the molecule is NCC1(CN2C(=O)CCc3cc(N)ccc32)CC1. The summed E-state index contributed by atoms with van der Waals surface area (Å²) in [5, 5.41) is 0. The molecule has 0 unspecified atom stereocenters. The topological polar surface area (TPSA) is 72.3 Å². The maximum absolute atomic E-state index is 12.1. The van der Waals surface area contributed by atoms with Gasteiger partial charge in [-0.15, -0.1) is 0 Å². The Morgan fingerprint density at radius 2 is 2.06 bits per heavy atom. The van der Waals surface area contributed by atoms with Gasteiger partial charge in [0.05, 0.1) is 0 Å². The number of nitrogen functional groups attached to an aromatic ring is 1. The van der Waals surface area contributed by atoms with Crippen molar-refractivity contribution in [3.8, 4) is 0 Å². The Morgan fingerprint density at radius 1 is 1.28 bits per heavy atom. The van der Waals surface area contributed by atoms with Crippen LogP contribution in [0.25, 0.3) is 0 Å². The van der Waals surface area contributed by atoms with E-state index >= 15 is 0 Å². The first-order valence-corrected chi connectivity index (χ1v) is 6.52. The Labute approximate surface area is 107 Å². The van der Waals surface area contributed by atoms with E-state index in [2.05, 4.69) is 0 Å². The molecule has 1 saturated carbocycles. The average Bonchev–Trinajstić information content (AvgIpc) is 3.13. The summed E-state index contributed by atoms with van der Waals surface area (Å²) >= 11 is 0. The average molecular weight is 245 g/mol. The highest BCUT2D eigenvalue weighted by molar-refractivity contribution is 5.96. The number of hydrogen-bond acceptors (Lipinski definition) is 3. The number of carbonyl (C=O) groups is 1. The van der Waals surface area contributed by atoms with Crippen molar-refractivity contribution in [2.24, 2.45) is 11.1 Å². The lowest BCUT2D eigenvalue weighted by Gasteiger charge is -2.32. The molecule has 1 aliphatic carbocycles. The van der Waals surface area contributed by atoms with E-state index in [-0.39, 0.29) is 11.3 Å². The number of benzene rings is 1. The Hall–Kier alpha value is -1.55. The molecule has 1 aliphatic heterocycles. The van der Waals surface area contributed by atoms with Crippen LogP contribution < -0.4 is 16.4 Å². The molecule has 0 spiro atoms. The van der Waals surface area contributed by atoms with E-state index < -0.39 is 0 Å². The van der Waals surface area contributed by atoms with Gasteiger partial charge < -0.3 is 16.4 Å². The molecule has 0 atom stereocenters. The van der Waals surface area contributed by atoms with Crippen LogP contribution in [0.3, 0.4) is 0 Å². The summed E-state index contributed by atoms with van der Waals surface area (Å²) in [6.07, 6.45) is 3.65. The molecule has 0 radical (unpaired) electrons. The van der Waals surface area contributed by atoms with Crippen LogP contribution in [0.4, 0.5) is 11.4 Å². The quantitative estimate of drug-likeness (QED) is 0.788. The van der Waals surface area contributed by atoms with Gasteiger partial charge in [-0.3, -0.25) is 4.79 Å². The number of aryl methyl sites for hydroxylation is 1. The number of nitrogens with two attached hydrogens (primary N) is 2. The third kappa shape index (κ3) is 1.86. The largest absolute Gasteiger partial charge is 0.399 e. The van der Waals surface area contributed by atoms with E-state index in [1.807, 2.05) is 23.1 Å². The Bertz CT molecular complexity index is 494. The van der Waals surface area contributed by atoms with Crippen LogP contribution >= 0.6 is 0 Å². The molecule has 1 heterocycles. The molecule has 4 heteroatoms. The van der Waals surface area contributed by atoms with Crippen LogP contribution in [0.15, 0.2) is 18.2 Å². The smallest absolute Gasteiger partial charge is 0.227 e. The zero-order valence-corrected chi connectivity index (χ0v) is 10.5. The molecule has 96 valence electrons. The summed E-state index contributed by atoms with van der Waals surface area (Å²) < 4.78 is 0. The Balaban J connectivity index is 1.92. The number of anilines is 2. The standard InChI is InChI=1S/C14H19N3O/c15-8-14(5-6-14)9-17-12-3-2-11(16)7-10(12)1-4-13(17)18/h2-3,7H,1,4-6,8-9,15-16H2. The fourth-order valence-corrected chi connectivity index (χ4v) is 2.69. The molecule has 1 fully saturated rings. The number of fused-ring (bicyclic) bond motifs is 1. The first kappa shape index (κ1) is 11.5. The van der Waals surface area contributed by atoms with Crippen molar-refractivity contribution in [2.75, 3.05) is 23.7 Å². The minimum atomic E-state index is 0.172. The maximum atomic E-state index is 12.1. The van der Waals surface area contributed by atoms with Crippen LogP contribution in [-0.2, 0) is 11.2 Å². The van der Waals surface area contributed by atoms with Crippen molar-refractivity contribution in [3.05, 3.63) is 23.8 Å². The molecular formula is C14H19N3O. The molecule has 18 heavy (non-hydrogen) atoms. The minimum absolute atomic E-state index is 0.172. The molecular weight excluding hydrogens is 226 g/mol. The number of nitrogens with zero attached hydrogens (tertiary/aromatic N) is 1. The second-order valence-corrected chi connectivity index (χ2v) is 5.57. The first-order chi connectivity index (χ1) is 8.63. The molecule has 1 aromatic carbocycles. The van der Waals surface area contributed by atoms with Gasteiger partial charge >= 0.3 is 0 Å². The van der Waals surface area contributed by atoms with E-state index in [0.29, 0.717) is 13.0 Å². The van der Waals surface area contributed by atoms with Gasteiger partial charge in [0.2, 0.25) is 5.91 Å². The van der Waals surface area contributed by atoms with Crippen molar-refractivity contribution < 1.29 is 4.79 Å². The number of amides is 1. The Kier molecular flexibility index (Phi) is 2.55. The van der Waals surface area contributed by atoms with Crippen LogP contribution in [0.5, 0.6) is 0 Å². The summed E-state index contributed by atoms with van der Waals surface area (Å²) in [4.78, 5) is 14.0. The van der Waals surface area contributed by atoms with E-state index in [9.17, 15) is 4.79 Å². The van der Waals surface area contributed by atoms with Crippen molar-refractivity contribution in [2.45, 2.75) is 25.7 Å². The van der Waals surface area contributed by atoms with Gasteiger partial charge in [-0.25, -0.2) is 0 Å². The molecule has 4 N–H and O–H groups in total. The summed E-state index contributed by atoms with van der Waals surface area (Å²) in [5.74, 6) is 0.215. The zero-order valence-electron chi connectivity index (χ0n) is 10.5. The molecule has 0 bridgehead atoms. The molecule has 3 rings (SSSR count). The van der Waals surface area contributed by atoms with E-state index in [1.54, 1.807) is 0 Å². The summed E-state index contributed by atoms with van der Waals surface area (Å²) in [6, 6.07) is 5.82. The minimum Gasteiger partial charge on any atom is -0.399 e. The molecule has 1 aromatic rings. The van der Waals surface area contributed by atoms with Crippen LogP contribution in [-0.4, -0.2) is 19.0 Å². The lowest BCUT2D eigenvalue weighted by atomic mass is 9.98. The first-order valence-electron chi connectivity index (χ1n) is 6.52. The summed E-state index contributed by atoms with van der Waals surface area (Å²) in [6.45, 7) is 1.43. The number of carbonyl (C=O) groups excluding carboxylic acids is 1. The highest BCUT2D eigenvalue weighted by Crippen LogP contribution is 2.46. The fourth-order valence-electron chi connectivity index (χ4n) is 2.69. The number of hydrogen-bond donors (Lipinski definition) is 2. The monoisotopic (exact) mass is 245 g/mol. The van der Waals surface area contributed by atoms with Crippen molar-refractivity contribution in [3.63, 3.8) is 0 Å². The van der Waals surface area contributed by atoms with E-state index in [1.165, 1.54) is 5.56 Å². The second-order valence-electron chi connectivity index (χ2n) is 5.57. The normalized spacial score (nSPS) is 20.7. The second kappa shape index (κ2) is 3.99. The van der Waals surface area contributed by atoms with Crippen LogP contribution in [0.2, 0.25) is 0 Å². The van der Waals surface area contributed by atoms with Gasteiger partial charge in [-0.05, 0) is 49.6 Å². The summed E-state index contributed by atoms with van der Waals surface area (Å²) in [5.41, 5.74) is 14.8. The van der Waals surface area contributed by atoms with Gasteiger partial charge in [0.1, 0.15) is 0 Å². The van der Waals surface area contributed by atoms with Gasteiger partial charge in [-0.2, -0.15) is 0 Å². The maximum Gasteiger partial charge on any atom is 0.227 e. The van der Waals surface area contributed by atoms with E-state index in [4.69, 9.17) is 11.5 Å². The van der Waals surface area contributed by atoms with Crippen molar-refractivity contribution in [1.29, 1.82) is 0 Å². The van der Waals surface area contributed by atoms with Crippen molar-refractivity contribution >= 4 is 17.3 Å². The third-order valence-corrected chi connectivity index (χ3v) is 4.19. The predicted molar refractivity (Wildman–Crippen MR) is 72.2 cm³/mol. The van der Waals surface area contributed by atoms with Gasteiger partial charge in [-0.1, -0.05) is 0 Å². The van der Waals surface area contributed by atoms with Crippen LogP contribution in [0, 0.1) is 5.41 Å². The molecule has 1 amide bonds. The van der Waals surface area contributed by atoms with E-state index in [0.717, 1.165) is 37.2 Å². The van der Waals surface area contributed by atoms with Gasteiger partial charge in [0, 0.05) is 29.8 Å². The zero-order chi connectivity index (χ0) is 12.8. The molecule has 4 nitrogen and oxygen atoms in total.